The maximum atomic E-state index is 7.05. The smallest absolute Gasteiger partial charge is 0.114 e. The monoisotopic (exact) mass is 720 g/mol. The summed E-state index contributed by atoms with van der Waals surface area (Å²) in [6.07, 6.45) is 1.68. The lowest BCUT2D eigenvalue weighted by atomic mass is 9.80. The maximum absolute atomic E-state index is 7.05. The second-order valence-electron chi connectivity index (χ2n) is 13.5. The van der Waals surface area contributed by atoms with Crippen molar-refractivity contribution < 1.29 is 18.9 Å². The average molecular weight is 721 g/mol. The van der Waals surface area contributed by atoms with Crippen molar-refractivity contribution in [3.8, 4) is 0 Å². The Balaban J connectivity index is 1.30. The molecule has 2 aromatic heterocycles. The maximum Gasteiger partial charge on any atom is 0.114 e. The highest BCUT2D eigenvalue weighted by molar-refractivity contribution is 5.19. The molecule has 8 nitrogen and oxygen atoms in total. The number of nitrogens with zero attached hydrogens (tertiary/aromatic N) is 2. The van der Waals surface area contributed by atoms with Crippen LogP contribution in [0.15, 0.2) is 170 Å². The molecule has 2 N–H and O–H groups in total. The number of benzene rings is 4. The van der Waals surface area contributed by atoms with E-state index in [4.69, 9.17) is 18.9 Å². The molecule has 0 amide bonds. The van der Waals surface area contributed by atoms with Crippen LogP contribution in [-0.2, 0) is 58.5 Å². The Bertz CT molecular complexity index is 1530. The third-order valence-electron chi connectivity index (χ3n) is 9.70. The molecule has 1 fully saturated rings. The van der Waals surface area contributed by atoms with Crippen LogP contribution in [0.4, 0.5) is 0 Å². The molecule has 6 aromatic rings. The number of hydrogen-bond donors (Lipinski definition) is 2. The molecule has 1 saturated carbocycles. The van der Waals surface area contributed by atoms with Gasteiger partial charge in [0.1, 0.15) is 24.4 Å². The fraction of sp³-hybridized carbons (Fsp3) is 0.261. The molecule has 0 spiro atoms. The Hall–Kier alpha value is -5.06. The molecule has 0 saturated heterocycles. The van der Waals surface area contributed by atoms with E-state index in [0.717, 1.165) is 33.6 Å². The standard InChI is InChI=1S/C46H48N4O4/c1-5-17-35(18-6-1)31-51-43-41(49-29-39-25-13-15-27-47-39)42(50-30-40-26-14-16-28-48-40)44(52-32-36-19-7-2-8-20-36)46(54-34-38-23-11-4-12-24-38)45(43)53-33-37-21-9-3-10-22-37/h1-28,41-46,49-50H,29-34H2/t41-,42+,43-,44-,45+,46+/m0/s1. The largest absolute Gasteiger partial charge is 0.369 e. The first kappa shape index (κ1) is 37.3. The van der Waals surface area contributed by atoms with Crippen molar-refractivity contribution in [1.29, 1.82) is 0 Å². The minimum Gasteiger partial charge on any atom is -0.369 e. The van der Waals surface area contributed by atoms with Crippen LogP contribution in [0.3, 0.4) is 0 Å². The Morgan fingerprint density at radius 2 is 0.648 bits per heavy atom. The zero-order valence-electron chi connectivity index (χ0n) is 30.4. The van der Waals surface area contributed by atoms with Crippen LogP contribution in [-0.4, -0.2) is 46.5 Å². The molecule has 54 heavy (non-hydrogen) atoms. The summed E-state index contributed by atoms with van der Waals surface area (Å²) in [5.41, 5.74) is 6.13. The van der Waals surface area contributed by atoms with Crippen LogP contribution in [0, 0.1) is 0 Å². The van der Waals surface area contributed by atoms with E-state index < -0.39 is 24.4 Å². The van der Waals surface area contributed by atoms with Crippen LogP contribution in [0.25, 0.3) is 0 Å². The van der Waals surface area contributed by atoms with E-state index in [1.165, 1.54) is 0 Å². The topological polar surface area (TPSA) is 86.8 Å². The predicted molar refractivity (Wildman–Crippen MR) is 210 cm³/mol. The van der Waals surface area contributed by atoms with E-state index in [1.807, 2.05) is 122 Å². The summed E-state index contributed by atoms with van der Waals surface area (Å²) in [5.74, 6) is 0. The molecule has 1 aliphatic carbocycles. The van der Waals surface area contributed by atoms with Gasteiger partial charge in [-0.3, -0.25) is 9.97 Å². The molecule has 8 heteroatoms. The molecule has 0 aliphatic heterocycles. The van der Waals surface area contributed by atoms with Crippen molar-refractivity contribution in [2.45, 2.75) is 76.0 Å². The Morgan fingerprint density at radius 1 is 0.352 bits per heavy atom. The van der Waals surface area contributed by atoms with Gasteiger partial charge in [0.05, 0.1) is 49.9 Å². The average Bonchev–Trinajstić information content (AvgIpc) is 3.24. The van der Waals surface area contributed by atoms with E-state index in [0.29, 0.717) is 39.5 Å². The third-order valence-corrected chi connectivity index (χ3v) is 9.70. The van der Waals surface area contributed by atoms with Crippen molar-refractivity contribution in [3.63, 3.8) is 0 Å². The summed E-state index contributed by atoms with van der Waals surface area (Å²) in [7, 11) is 0. The first-order valence-corrected chi connectivity index (χ1v) is 18.7. The van der Waals surface area contributed by atoms with Crippen LogP contribution < -0.4 is 10.6 Å². The van der Waals surface area contributed by atoms with Crippen molar-refractivity contribution in [2.75, 3.05) is 0 Å². The number of ether oxygens (including phenoxy) is 4. The van der Waals surface area contributed by atoms with Crippen molar-refractivity contribution in [2.24, 2.45) is 0 Å². The summed E-state index contributed by atoms with van der Waals surface area (Å²) >= 11 is 0. The molecular weight excluding hydrogens is 673 g/mol. The lowest BCUT2D eigenvalue weighted by Gasteiger charge is -2.51. The summed E-state index contributed by atoms with van der Waals surface area (Å²) in [6, 6.07) is 52.4. The number of aromatic nitrogens is 2. The number of hydrogen-bond acceptors (Lipinski definition) is 8. The summed E-state index contributed by atoms with van der Waals surface area (Å²) in [5, 5.41) is 7.75. The summed E-state index contributed by atoms with van der Waals surface area (Å²) in [6.45, 7) is 2.59. The lowest BCUT2D eigenvalue weighted by molar-refractivity contribution is -0.230. The second-order valence-corrected chi connectivity index (χ2v) is 13.5. The van der Waals surface area contributed by atoms with Gasteiger partial charge in [-0.15, -0.1) is 0 Å². The minimum atomic E-state index is -0.521. The second kappa shape index (κ2) is 19.9. The van der Waals surface area contributed by atoms with Crippen molar-refractivity contribution >= 4 is 0 Å². The molecular formula is C46H48N4O4. The van der Waals surface area contributed by atoms with Crippen LogP contribution in [0.1, 0.15) is 33.6 Å². The summed E-state index contributed by atoms with van der Waals surface area (Å²) in [4.78, 5) is 9.29. The highest BCUT2D eigenvalue weighted by Crippen LogP contribution is 2.33. The predicted octanol–water partition coefficient (Wildman–Crippen LogP) is 7.45. The highest BCUT2D eigenvalue weighted by Gasteiger charge is 2.53. The Labute approximate surface area is 318 Å². The molecule has 7 rings (SSSR count). The Morgan fingerprint density at radius 3 is 0.944 bits per heavy atom. The van der Waals surface area contributed by atoms with Gasteiger partial charge in [0.2, 0.25) is 0 Å². The van der Waals surface area contributed by atoms with Gasteiger partial charge >= 0.3 is 0 Å². The van der Waals surface area contributed by atoms with Gasteiger partial charge in [-0.25, -0.2) is 0 Å². The third kappa shape index (κ3) is 10.5. The fourth-order valence-corrected chi connectivity index (χ4v) is 6.97. The van der Waals surface area contributed by atoms with Crippen LogP contribution in [0.2, 0.25) is 0 Å². The van der Waals surface area contributed by atoms with Crippen molar-refractivity contribution in [3.05, 3.63) is 204 Å². The van der Waals surface area contributed by atoms with E-state index >= 15 is 0 Å². The van der Waals surface area contributed by atoms with Gasteiger partial charge in [-0.2, -0.15) is 0 Å². The van der Waals surface area contributed by atoms with Gasteiger partial charge in [0, 0.05) is 25.5 Å². The summed E-state index contributed by atoms with van der Waals surface area (Å²) < 4.78 is 28.1. The molecule has 0 radical (unpaired) electrons. The highest BCUT2D eigenvalue weighted by atomic mass is 16.6. The molecule has 6 atom stereocenters. The van der Waals surface area contributed by atoms with Gasteiger partial charge in [0.25, 0.3) is 0 Å². The Kier molecular flexibility index (Phi) is 13.7. The van der Waals surface area contributed by atoms with Gasteiger partial charge in [-0.05, 0) is 46.5 Å². The normalized spacial score (nSPS) is 21.1. The molecule has 276 valence electrons. The van der Waals surface area contributed by atoms with E-state index in [-0.39, 0.29) is 12.1 Å². The zero-order valence-corrected chi connectivity index (χ0v) is 30.4. The van der Waals surface area contributed by atoms with E-state index in [2.05, 4.69) is 69.1 Å². The minimum absolute atomic E-state index is 0.294. The molecule has 0 unspecified atom stereocenters. The number of nitrogens with one attached hydrogen (secondary N) is 2. The van der Waals surface area contributed by atoms with Crippen LogP contribution in [0.5, 0.6) is 0 Å². The van der Waals surface area contributed by atoms with Crippen LogP contribution >= 0.6 is 0 Å². The molecule has 4 aromatic carbocycles. The number of rotatable bonds is 18. The first-order valence-electron chi connectivity index (χ1n) is 18.7. The van der Waals surface area contributed by atoms with Gasteiger partial charge < -0.3 is 29.6 Å². The van der Waals surface area contributed by atoms with Crippen molar-refractivity contribution in [1.82, 2.24) is 20.6 Å². The van der Waals surface area contributed by atoms with E-state index in [1.54, 1.807) is 0 Å². The first-order chi connectivity index (χ1) is 26.8. The molecule has 1 aliphatic rings. The quantitative estimate of drug-likeness (QED) is 0.0948. The molecule has 0 bridgehead atoms. The van der Waals surface area contributed by atoms with Gasteiger partial charge in [-0.1, -0.05) is 133 Å². The van der Waals surface area contributed by atoms with Gasteiger partial charge in [0.15, 0.2) is 0 Å². The fourth-order valence-electron chi connectivity index (χ4n) is 6.97. The lowest BCUT2D eigenvalue weighted by Crippen LogP contribution is -2.72. The number of pyridine rings is 2. The van der Waals surface area contributed by atoms with E-state index in [9.17, 15) is 0 Å². The SMILES string of the molecule is c1ccc(CO[C@H]2[C@H](OCc3ccccc3)[C@@H](OCc3ccccc3)[C@@H](NCc3ccccn3)[C@@H](NCc3ccccn3)[C@@H]2OCc2ccccc2)cc1. The zero-order chi connectivity index (χ0) is 36.6. The molecule has 2 heterocycles.